The van der Waals surface area contributed by atoms with Gasteiger partial charge in [0.15, 0.2) is 0 Å². The van der Waals surface area contributed by atoms with Gasteiger partial charge in [0.05, 0.1) is 0 Å². The number of halogens is 1. The molecule has 1 aliphatic rings. The SMILES string of the molecule is CC(c1cccc(F)c1)N1CCNC(c2ccccc2)C1. The van der Waals surface area contributed by atoms with Gasteiger partial charge >= 0.3 is 0 Å². The lowest BCUT2D eigenvalue weighted by molar-refractivity contribution is 0.153. The second kappa shape index (κ2) is 6.37. The molecule has 2 unspecified atom stereocenters. The number of nitrogens with zero attached hydrogens (tertiary/aromatic N) is 1. The number of benzene rings is 2. The molecule has 2 aromatic rings. The maximum atomic E-state index is 13.4. The van der Waals surface area contributed by atoms with Gasteiger partial charge in [0, 0.05) is 31.7 Å². The summed E-state index contributed by atoms with van der Waals surface area (Å²) in [6.45, 7) is 5.05. The van der Waals surface area contributed by atoms with E-state index in [0.717, 1.165) is 25.2 Å². The van der Waals surface area contributed by atoms with Crippen LogP contribution in [0.2, 0.25) is 0 Å². The average molecular weight is 284 g/mol. The molecule has 2 atom stereocenters. The molecule has 2 nitrogen and oxygen atoms in total. The van der Waals surface area contributed by atoms with E-state index in [-0.39, 0.29) is 11.9 Å². The molecule has 0 radical (unpaired) electrons. The van der Waals surface area contributed by atoms with Crippen molar-refractivity contribution in [3.63, 3.8) is 0 Å². The zero-order chi connectivity index (χ0) is 14.7. The van der Waals surface area contributed by atoms with Crippen LogP contribution in [0.15, 0.2) is 54.6 Å². The molecule has 110 valence electrons. The fourth-order valence-electron chi connectivity index (χ4n) is 3.01. The molecule has 1 N–H and O–H groups in total. The highest BCUT2D eigenvalue weighted by Gasteiger charge is 2.24. The van der Waals surface area contributed by atoms with Gasteiger partial charge in [-0.15, -0.1) is 0 Å². The Balaban J connectivity index is 1.74. The molecular weight excluding hydrogens is 263 g/mol. The fourth-order valence-corrected chi connectivity index (χ4v) is 3.01. The van der Waals surface area contributed by atoms with Gasteiger partial charge in [-0.05, 0) is 30.2 Å². The summed E-state index contributed by atoms with van der Waals surface area (Å²) < 4.78 is 13.4. The number of nitrogens with one attached hydrogen (secondary N) is 1. The summed E-state index contributed by atoms with van der Waals surface area (Å²) in [7, 11) is 0. The molecule has 0 bridgehead atoms. The lowest BCUT2D eigenvalue weighted by Gasteiger charge is -2.38. The molecule has 1 heterocycles. The summed E-state index contributed by atoms with van der Waals surface area (Å²) in [5.41, 5.74) is 2.36. The van der Waals surface area contributed by atoms with E-state index in [1.807, 2.05) is 12.1 Å². The van der Waals surface area contributed by atoms with Crippen molar-refractivity contribution >= 4 is 0 Å². The van der Waals surface area contributed by atoms with Crippen LogP contribution < -0.4 is 5.32 Å². The number of piperazine rings is 1. The van der Waals surface area contributed by atoms with Crippen molar-refractivity contribution < 1.29 is 4.39 Å². The van der Waals surface area contributed by atoms with Gasteiger partial charge in [-0.3, -0.25) is 4.90 Å². The van der Waals surface area contributed by atoms with Gasteiger partial charge in [0.2, 0.25) is 0 Å². The van der Waals surface area contributed by atoms with Crippen LogP contribution >= 0.6 is 0 Å². The Hall–Kier alpha value is -1.71. The predicted octanol–water partition coefficient (Wildman–Crippen LogP) is 3.53. The van der Waals surface area contributed by atoms with Crippen molar-refractivity contribution in [1.82, 2.24) is 10.2 Å². The van der Waals surface area contributed by atoms with Gasteiger partial charge < -0.3 is 5.32 Å². The molecule has 0 amide bonds. The zero-order valence-electron chi connectivity index (χ0n) is 12.3. The second-order valence-corrected chi connectivity index (χ2v) is 5.64. The van der Waals surface area contributed by atoms with Crippen LogP contribution in [0, 0.1) is 5.82 Å². The number of hydrogen-bond acceptors (Lipinski definition) is 2. The van der Waals surface area contributed by atoms with E-state index in [1.54, 1.807) is 12.1 Å². The Bertz CT molecular complexity index is 585. The van der Waals surface area contributed by atoms with Crippen molar-refractivity contribution in [2.24, 2.45) is 0 Å². The van der Waals surface area contributed by atoms with Gasteiger partial charge in [-0.25, -0.2) is 4.39 Å². The van der Waals surface area contributed by atoms with Crippen LogP contribution in [0.4, 0.5) is 4.39 Å². The molecule has 3 heteroatoms. The zero-order valence-corrected chi connectivity index (χ0v) is 12.3. The fraction of sp³-hybridized carbons (Fsp3) is 0.333. The molecule has 0 saturated carbocycles. The smallest absolute Gasteiger partial charge is 0.123 e. The number of rotatable bonds is 3. The van der Waals surface area contributed by atoms with E-state index in [0.29, 0.717) is 6.04 Å². The average Bonchev–Trinajstić information content (AvgIpc) is 2.55. The molecule has 21 heavy (non-hydrogen) atoms. The molecule has 0 aliphatic carbocycles. The highest BCUT2D eigenvalue weighted by Crippen LogP contribution is 2.26. The maximum absolute atomic E-state index is 13.4. The first-order valence-electron chi connectivity index (χ1n) is 7.52. The van der Waals surface area contributed by atoms with Crippen LogP contribution in [0.1, 0.15) is 30.1 Å². The highest BCUT2D eigenvalue weighted by atomic mass is 19.1. The van der Waals surface area contributed by atoms with Crippen LogP contribution in [0.3, 0.4) is 0 Å². The van der Waals surface area contributed by atoms with Crippen molar-refractivity contribution in [2.75, 3.05) is 19.6 Å². The third-order valence-corrected chi connectivity index (χ3v) is 4.29. The van der Waals surface area contributed by atoms with E-state index >= 15 is 0 Å². The third-order valence-electron chi connectivity index (χ3n) is 4.29. The molecule has 0 aromatic heterocycles. The van der Waals surface area contributed by atoms with Crippen LogP contribution in [-0.4, -0.2) is 24.5 Å². The van der Waals surface area contributed by atoms with Crippen molar-refractivity contribution in [2.45, 2.75) is 19.0 Å². The van der Waals surface area contributed by atoms with Crippen molar-refractivity contribution in [3.05, 3.63) is 71.5 Å². The van der Waals surface area contributed by atoms with Gasteiger partial charge in [0.1, 0.15) is 5.82 Å². The minimum Gasteiger partial charge on any atom is -0.308 e. The Morgan fingerprint density at radius 3 is 2.71 bits per heavy atom. The van der Waals surface area contributed by atoms with E-state index < -0.39 is 0 Å². The second-order valence-electron chi connectivity index (χ2n) is 5.64. The van der Waals surface area contributed by atoms with Crippen LogP contribution in [0.5, 0.6) is 0 Å². The Morgan fingerprint density at radius 2 is 1.95 bits per heavy atom. The minimum absolute atomic E-state index is 0.158. The molecule has 1 aliphatic heterocycles. The van der Waals surface area contributed by atoms with Gasteiger partial charge in [-0.1, -0.05) is 42.5 Å². The summed E-state index contributed by atoms with van der Waals surface area (Å²) in [5, 5.41) is 3.57. The quantitative estimate of drug-likeness (QED) is 0.927. The predicted molar refractivity (Wildman–Crippen MR) is 83.6 cm³/mol. The third kappa shape index (κ3) is 3.31. The van der Waals surface area contributed by atoms with E-state index in [1.165, 1.54) is 11.6 Å². The summed E-state index contributed by atoms with van der Waals surface area (Å²) >= 11 is 0. The lowest BCUT2D eigenvalue weighted by Crippen LogP contribution is -2.46. The molecular formula is C18H21FN2. The Labute approximate surface area is 125 Å². The summed E-state index contributed by atoms with van der Waals surface area (Å²) in [6, 6.07) is 18.0. The highest BCUT2D eigenvalue weighted by molar-refractivity contribution is 5.22. The normalized spacial score (nSPS) is 21.1. The molecule has 0 spiro atoms. The first-order chi connectivity index (χ1) is 10.2. The standard InChI is InChI=1S/C18H21FN2/c1-14(16-8-5-9-17(19)12-16)21-11-10-20-18(13-21)15-6-3-2-4-7-15/h2-9,12,14,18,20H,10-11,13H2,1H3. The van der Waals surface area contributed by atoms with E-state index in [4.69, 9.17) is 0 Å². The number of hydrogen-bond donors (Lipinski definition) is 1. The van der Waals surface area contributed by atoms with Crippen LogP contribution in [0.25, 0.3) is 0 Å². The monoisotopic (exact) mass is 284 g/mol. The first-order valence-corrected chi connectivity index (χ1v) is 7.52. The van der Waals surface area contributed by atoms with E-state index in [2.05, 4.69) is 41.4 Å². The molecule has 2 aromatic carbocycles. The van der Waals surface area contributed by atoms with E-state index in [9.17, 15) is 4.39 Å². The largest absolute Gasteiger partial charge is 0.308 e. The van der Waals surface area contributed by atoms with Gasteiger partial charge in [0.25, 0.3) is 0 Å². The van der Waals surface area contributed by atoms with Crippen molar-refractivity contribution in [3.8, 4) is 0 Å². The molecule has 3 rings (SSSR count). The summed E-state index contributed by atoms with van der Waals surface area (Å²) in [6.07, 6.45) is 0. The minimum atomic E-state index is -0.158. The lowest BCUT2D eigenvalue weighted by atomic mass is 10.0. The van der Waals surface area contributed by atoms with Crippen molar-refractivity contribution in [1.29, 1.82) is 0 Å². The Kier molecular flexibility index (Phi) is 4.32. The first kappa shape index (κ1) is 14.2. The van der Waals surface area contributed by atoms with Crippen LogP contribution in [-0.2, 0) is 0 Å². The summed E-state index contributed by atoms with van der Waals surface area (Å²) in [4.78, 5) is 2.42. The molecule has 1 saturated heterocycles. The maximum Gasteiger partial charge on any atom is 0.123 e. The topological polar surface area (TPSA) is 15.3 Å². The van der Waals surface area contributed by atoms with Gasteiger partial charge in [-0.2, -0.15) is 0 Å². The molecule has 1 fully saturated rings. The Morgan fingerprint density at radius 1 is 1.14 bits per heavy atom. The summed E-state index contributed by atoms with van der Waals surface area (Å²) in [5.74, 6) is -0.158.